The van der Waals surface area contributed by atoms with Crippen LogP contribution in [0.2, 0.25) is 0 Å². The molecule has 2 aromatic rings. The number of rotatable bonds is 2. The number of anilines is 2. The highest BCUT2D eigenvalue weighted by Gasteiger charge is 2.23. The molecule has 1 amide bonds. The van der Waals surface area contributed by atoms with Gasteiger partial charge in [-0.05, 0) is 18.2 Å². The second kappa shape index (κ2) is 4.31. The van der Waals surface area contributed by atoms with Gasteiger partial charge in [-0.3, -0.25) is 4.79 Å². The highest BCUT2D eigenvalue weighted by Crippen LogP contribution is 2.35. The van der Waals surface area contributed by atoms with Crippen molar-refractivity contribution in [1.29, 1.82) is 0 Å². The summed E-state index contributed by atoms with van der Waals surface area (Å²) in [5, 5.41) is 2.83. The SMILES string of the molecule is CNc1ncc(-c2ccc3c(c2)N(C)C(=O)CO3)o1. The van der Waals surface area contributed by atoms with Crippen molar-refractivity contribution < 1.29 is 13.9 Å². The number of hydrogen-bond acceptors (Lipinski definition) is 5. The molecule has 0 spiro atoms. The van der Waals surface area contributed by atoms with E-state index in [0.29, 0.717) is 17.5 Å². The fourth-order valence-corrected chi connectivity index (χ4v) is 1.95. The minimum Gasteiger partial charge on any atom is -0.482 e. The van der Waals surface area contributed by atoms with Gasteiger partial charge in [-0.1, -0.05) is 0 Å². The van der Waals surface area contributed by atoms with Crippen LogP contribution < -0.4 is 15.0 Å². The molecule has 1 N–H and O–H groups in total. The monoisotopic (exact) mass is 259 g/mol. The average Bonchev–Trinajstić information content (AvgIpc) is 2.92. The third kappa shape index (κ3) is 1.91. The van der Waals surface area contributed by atoms with Gasteiger partial charge in [0.15, 0.2) is 12.4 Å². The number of nitrogens with zero attached hydrogens (tertiary/aromatic N) is 2. The summed E-state index contributed by atoms with van der Waals surface area (Å²) in [5.74, 6) is 1.26. The van der Waals surface area contributed by atoms with Crippen LogP contribution in [0.5, 0.6) is 5.75 Å². The van der Waals surface area contributed by atoms with E-state index < -0.39 is 0 Å². The fraction of sp³-hybridized carbons (Fsp3) is 0.231. The molecule has 0 radical (unpaired) electrons. The van der Waals surface area contributed by atoms with Crippen molar-refractivity contribution >= 4 is 17.6 Å². The second-order valence-corrected chi connectivity index (χ2v) is 4.20. The van der Waals surface area contributed by atoms with Crippen LogP contribution >= 0.6 is 0 Å². The van der Waals surface area contributed by atoms with Crippen molar-refractivity contribution in [3.05, 3.63) is 24.4 Å². The van der Waals surface area contributed by atoms with Gasteiger partial charge in [0.2, 0.25) is 0 Å². The first-order chi connectivity index (χ1) is 9.19. The molecular weight excluding hydrogens is 246 g/mol. The number of aromatic nitrogens is 1. The average molecular weight is 259 g/mol. The van der Waals surface area contributed by atoms with E-state index in [4.69, 9.17) is 9.15 Å². The molecule has 0 saturated carbocycles. The number of amides is 1. The molecule has 1 aromatic carbocycles. The maximum Gasteiger partial charge on any atom is 0.294 e. The summed E-state index contributed by atoms with van der Waals surface area (Å²) in [5.41, 5.74) is 1.58. The molecule has 0 fully saturated rings. The number of benzene rings is 1. The van der Waals surface area contributed by atoms with Crippen LogP contribution in [0.4, 0.5) is 11.7 Å². The summed E-state index contributed by atoms with van der Waals surface area (Å²) in [7, 11) is 3.47. The molecule has 98 valence electrons. The zero-order valence-electron chi connectivity index (χ0n) is 10.6. The number of ether oxygens (including phenoxy) is 1. The molecule has 0 bridgehead atoms. The van der Waals surface area contributed by atoms with Gasteiger partial charge in [0, 0.05) is 19.7 Å². The Balaban J connectivity index is 2.03. The van der Waals surface area contributed by atoms with E-state index in [1.54, 1.807) is 25.2 Å². The van der Waals surface area contributed by atoms with Crippen LogP contribution in [-0.4, -0.2) is 31.6 Å². The van der Waals surface area contributed by atoms with Crippen molar-refractivity contribution in [2.45, 2.75) is 0 Å². The molecule has 3 rings (SSSR count). The molecule has 0 atom stereocenters. The van der Waals surface area contributed by atoms with Crippen molar-refractivity contribution in [1.82, 2.24) is 4.98 Å². The minimum atomic E-state index is -0.0712. The molecule has 6 nitrogen and oxygen atoms in total. The summed E-state index contributed by atoms with van der Waals surface area (Å²) < 4.78 is 10.9. The highest BCUT2D eigenvalue weighted by atomic mass is 16.5. The number of oxazole rings is 1. The van der Waals surface area contributed by atoms with Crippen molar-refractivity contribution in [2.75, 3.05) is 30.9 Å². The zero-order valence-corrected chi connectivity index (χ0v) is 10.6. The van der Waals surface area contributed by atoms with Gasteiger partial charge < -0.3 is 19.4 Å². The van der Waals surface area contributed by atoms with E-state index in [1.807, 2.05) is 18.2 Å². The Morgan fingerprint density at radius 2 is 2.26 bits per heavy atom. The van der Waals surface area contributed by atoms with Gasteiger partial charge in [0.25, 0.3) is 11.9 Å². The molecule has 1 aliphatic rings. The number of likely N-dealkylation sites (N-methyl/N-ethyl adjacent to an activating group) is 1. The van der Waals surface area contributed by atoms with Crippen molar-refractivity contribution in [3.63, 3.8) is 0 Å². The molecule has 0 unspecified atom stereocenters. The number of carbonyl (C=O) groups excluding carboxylic acids is 1. The smallest absolute Gasteiger partial charge is 0.294 e. The van der Waals surface area contributed by atoms with Gasteiger partial charge in [-0.15, -0.1) is 0 Å². The van der Waals surface area contributed by atoms with Crippen LogP contribution in [0, 0.1) is 0 Å². The number of fused-ring (bicyclic) bond motifs is 1. The van der Waals surface area contributed by atoms with Crippen molar-refractivity contribution in [3.8, 4) is 17.1 Å². The van der Waals surface area contributed by atoms with Crippen LogP contribution in [0.3, 0.4) is 0 Å². The quantitative estimate of drug-likeness (QED) is 0.889. The summed E-state index contributed by atoms with van der Waals surface area (Å²) in [6.45, 7) is 0.0784. The maximum absolute atomic E-state index is 11.6. The van der Waals surface area contributed by atoms with Gasteiger partial charge >= 0.3 is 0 Å². The second-order valence-electron chi connectivity index (χ2n) is 4.20. The van der Waals surface area contributed by atoms with Crippen LogP contribution in [0.15, 0.2) is 28.8 Å². The van der Waals surface area contributed by atoms with E-state index in [0.717, 1.165) is 11.3 Å². The topological polar surface area (TPSA) is 67.6 Å². The Labute approximate surface area is 110 Å². The van der Waals surface area contributed by atoms with Crippen LogP contribution in [0.1, 0.15) is 0 Å². The van der Waals surface area contributed by atoms with Gasteiger partial charge in [0.1, 0.15) is 5.75 Å². The number of nitrogens with one attached hydrogen (secondary N) is 1. The van der Waals surface area contributed by atoms with Gasteiger partial charge in [-0.25, -0.2) is 4.98 Å². The predicted octanol–water partition coefficient (Wildman–Crippen LogP) is 1.74. The molecule has 2 heterocycles. The van der Waals surface area contributed by atoms with E-state index >= 15 is 0 Å². The number of carbonyl (C=O) groups is 1. The normalized spacial score (nSPS) is 14.0. The summed E-state index contributed by atoms with van der Waals surface area (Å²) in [6.07, 6.45) is 1.64. The molecule has 0 saturated heterocycles. The van der Waals surface area contributed by atoms with E-state index in [9.17, 15) is 4.79 Å². The molecule has 1 aromatic heterocycles. The Hall–Kier alpha value is -2.50. The maximum atomic E-state index is 11.6. The van der Waals surface area contributed by atoms with Crippen LogP contribution in [-0.2, 0) is 4.79 Å². The predicted molar refractivity (Wildman–Crippen MR) is 70.4 cm³/mol. The third-order valence-electron chi connectivity index (χ3n) is 3.05. The highest BCUT2D eigenvalue weighted by molar-refractivity contribution is 5.98. The van der Waals surface area contributed by atoms with Crippen molar-refractivity contribution in [2.24, 2.45) is 0 Å². The molecule has 19 heavy (non-hydrogen) atoms. The Kier molecular flexibility index (Phi) is 2.63. The first kappa shape index (κ1) is 11.6. The van der Waals surface area contributed by atoms with E-state index in [-0.39, 0.29) is 12.5 Å². The lowest BCUT2D eigenvalue weighted by Gasteiger charge is -2.26. The largest absolute Gasteiger partial charge is 0.482 e. The lowest BCUT2D eigenvalue weighted by molar-refractivity contribution is -0.120. The first-order valence-corrected chi connectivity index (χ1v) is 5.86. The standard InChI is InChI=1S/C13H13N3O3/c1-14-13-15-6-11(19-13)8-3-4-10-9(5-8)16(2)12(17)7-18-10/h3-6H,7H2,1-2H3,(H,14,15). The van der Waals surface area contributed by atoms with Gasteiger partial charge in [-0.2, -0.15) is 0 Å². The fourth-order valence-electron chi connectivity index (χ4n) is 1.95. The lowest BCUT2D eigenvalue weighted by Crippen LogP contribution is -2.35. The van der Waals surface area contributed by atoms with Crippen LogP contribution in [0.25, 0.3) is 11.3 Å². The lowest BCUT2D eigenvalue weighted by atomic mass is 10.1. The summed E-state index contributed by atoms with van der Waals surface area (Å²) in [4.78, 5) is 17.3. The molecule has 6 heteroatoms. The number of hydrogen-bond donors (Lipinski definition) is 1. The van der Waals surface area contributed by atoms with Gasteiger partial charge in [0.05, 0.1) is 11.9 Å². The Bertz CT molecular complexity index is 636. The van der Waals surface area contributed by atoms with E-state index in [2.05, 4.69) is 10.3 Å². The zero-order chi connectivity index (χ0) is 13.4. The summed E-state index contributed by atoms with van der Waals surface area (Å²) in [6, 6.07) is 6.01. The van der Waals surface area contributed by atoms with E-state index in [1.165, 1.54) is 0 Å². The first-order valence-electron chi connectivity index (χ1n) is 5.86. The molecule has 1 aliphatic heterocycles. The third-order valence-corrected chi connectivity index (χ3v) is 3.05. The summed E-state index contributed by atoms with van der Waals surface area (Å²) >= 11 is 0. The Morgan fingerprint density at radius 3 is 3.00 bits per heavy atom. The molecule has 0 aliphatic carbocycles. The minimum absolute atomic E-state index is 0.0712. The molecular formula is C13H13N3O3. The Morgan fingerprint density at radius 1 is 1.42 bits per heavy atom.